The Balaban J connectivity index is 5.63. The molecule has 39 heavy (non-hydrogen) atoms. The van der Waals surface area contributed by atoms with E-state index in [0.29, 0.717) is 6.42 Å². The number of aliphatic imine (C=N–C) groups is 3. The van der Waals surface area contributed by atoms with Crippen molar-refractivity contribution in [3.05, 3.63) is 0 Å². The van der Waals surface area contributed by atoms with Crippen molar-refractivity contribution in [2.75, 3.05) is 19.6 Å². The van der Waals surface area contributed by atoms with E-state index in [9.17, 15) is 24.3 Å². The van der Waals surface area contributed by atoms with Crippen LogP contribution in [0.1, 0.15) is 45.4 Å². The van der Waals surface area contributed by atoms with Gasteiger partial charge >= 0.3 is 5.97 Å². The summed E-state index contributed by atoms with van der Waals surface area (Å²) in [5, 5.41) is 17.1. The average Bonchev–Trinajstić information content (AvgIpc) is 2.83. The second-order valence-electron chi connectivity index (χ2n) is 8.66. The highest BCUT2D eigenvalue weighted by Gasteiger charge is 2.29. The van der Waals surface area contributed by atoms with Crippen LogP contribution in [-0.2, 0) is 19.2 Å². The minimum Gasteiger partial charge on any atom is -0.480 e. The fraction of sp³-hybridized carbons (Fsp3) is 0.667. The average molecular weight is 558 g/mol. The Labute approximate surface area is 226 Å². The zero-order valence-corrected chi connectivity index (χ0v) is 22.1. The predicted octanol–water partition coefficient (Wildman–Crippen LogP) is -4.97. The number of carbonyl (C=O) groups excluding carboxylic acids is 3. The molecule has 0 saturated carbocycles. The van der Waals surface area contributed by atoms with Crippen molar-refractivity contribution >= 4 is 41.6 Å². The van der Waals surface area contributed by atoms with Crippen LogP contribution in [0, 0.1) is 0 Å². The van der Waals surface area contributed by atoms with Crippen LogP contribution >= 0.6 is 0 Å². The van der Waals surface area contributed by atoms with E-state index >= 15 is 0 Å². The lowest BCUT2D eigenvalue weighted by Crippen LogP contribution is -2.56. The first-order chi connectivity index (χ1) is 18.2. The summed E-state index contributed by atoms with van der Waals surface area (Å²) in [6, 6.07) is -4.40. The van der Waals surface area contributed by atoms with E-state index in [1.54, 1.807) is 0 Å². The molecular weight excluding hydrogens is 514 g/mol. The number of hydrogen-bond acceptors (Lipinski definition) is 8. The third-order valence-electron chi connectivity index (χ3n) is 5.13. The Hall–Kier alpha value is -4.35. The third-order valence-corrected chi connectivity index (χ3v) is 5.13. The molecule has 0 bridgehead atoms. The van der Waals surface area contributed by atoms with Crippen molar-refractivity contribution in [3.63, 3.8) is 0 Å². The molecule has 0 unspecified atom stereocenters. The molecular formula is C21H43N13O5. The van der Waals surface area contributed by atoms with Gasteiger partial charge in [-0.25, -0.2) is 4.79 Å². The molecule has 18 nitrogen and oxygen atoms in total. The number of carbonyl (C=O) groups is 4. The SMILES string of the molecule is C[C@H](N)C(=O)N[C@@H](CCCN=C(N)N)C(=O)N[C@@H](CCCN=C(N)N)C(=O)N[C@@H](CCCN=C(N)N)C(=O)O. The number of aliphatic carboxylic acids is 1. The maximum atomic E-state index is 13.1. The lowest BCUT2D eigenvalue weighted by Gasteiger charge is -2.25. The van der Waals surface area contributed by atoms with Gasteiger partial charge in [0.25, 0.3) is 0 Å². The van der Waals surface area contributed by atoms with Crippen molar-refractivity contribution in [3.8, 4) is 0 Å². The molecule has 18 heteroatoms. The van der Waals surface area contributed by atoms with Gasteiger partial charge in [0, 0.05) is 19.6 Å². The number of nitrogens with two attached hydrogens (primary N) is 7. The molecule has 0 saturated heterocycles. The molecule has 0 aliphatic rings. The van der Waals surface area contributed by atoms with Gasteiger partial charge in [-0.05, 0) is 45.4 Å². The summed E-state index contributed by atoms with van der Waals surface area (Å²) in [7, 11) is 0. The van der Waals surface area contributed by atoms with Crippen molar-refractivity contribution < 1.29 is 24.3 Å². The largest absolute Gasteiger partial charge is 0.480 e. The quantitative estimate of drug-likeness (QED) is 0.0404. The molecule has 18 N–H and O–H groups in total. The number of amides is 3. The van der Waals surface area contributed by atoms with Crippen LogP contribution in [0.25, 0.3) is 0 Å². The third kappa shape index (κ3) is 16.9. The summed E-state index contributed by atoms with van der Waals surface area (Å²) in [5.41, 5.74) is 37.4. The minimum absolute atomic E-state index is 0.0321. The summed E-state index contributed by atoms with van der Waals surface area (Å²) in [6.07, 6.45) is 1.11. The molecule has 0 aromatic carbocycles. The molecule has 0 spiro atoms. The zero-order valence-electron chi connectivity index (χ0n) is 22.1. The lowest BCUT2D eigenvalue weighted by molar-refractivity contribution is -0.142. The van der Waals surface area contributed by atoms with E-state index in [4.69, 9.17) is 40.1 Å². The normalized spacial score (nSPS) is 13.5. The molecule has 0 radical (unpaired) electrons. The van der Waals surface area contributed by atoms with Gasteiger partial charge in [0.05, 0.1) is 6.04 Å². The Bertz CT molecular complexity index is 895. The Morgan fingerprint density at radius 1 is 0.615 bits per heavy atom. The number of hydrogen-bond donors (Lipinski definition) is 11. The smallest absolute Gasteiger partial charge is 0.326 e. The molecule has 4 atom stereocenters. The zero-order chi connectivity index (χ0) is 30.0. The van der Waals surface area contributed by atoms with Gasteiger partial charge in [0.2, 0.25) is 17.7 Å². The number of nitrogens with one attached hydrogen (secondary N) is 3. The molecule has 0 aliphatic heterocycles. The molecule has 0 rings (SSSR count). The monoisotopic (exact) mass is 557 g/mol. The van der Waals surface area contributed by atoms with Crippen LogP contribution in [0.15, 0.2) is 15.0 Å². The maximum absolute atomic E-state index is 13.1. The highest BCUT2D eigenvalue weighted by molar-refractivity contribution is 5.94. The van der Waals surface area contributed by atoms with E-state index in [-0.39, 0.29) is 69.6 Å². The first kappa shape index (κ1) is 34.6. The van der Waals surface area contributed by atoms with Gasteiger partial charge in [0.1, 0.15) is 18.1 Å². The lowest BCUT2D eigenvalue weighted by atomic mass is 10.1. The molecule has 0 aliphatic carbocycles. The number of carboxylic acids is 1. The first-order valence-electron chi connectivity index (χ1n) is 12.3. The molecule has 0 aromatic heterocycles. The maximum Gasteiger partial charge on any atom is 0.326 e. The van der Waals surface area contributed by atoms with Gasteiger partial charge in [0.15, 0.2) is 17.9 Å². The fourth-order valence-corrected chi connectivity index (χ4v) is 3.15. The van der Waals surface area contributed by atoms with Crippen LogP contribution in [0.3, 0.4) is 0 Å². The Kier molecular flexibility index (Phi) is 16.7. The topological polar surface area (TPSA) is 344 Å². The standard InChI is InChI=1S/C21H43N13O5/c1-11(22)15(35)32-12(5-2-8-29-19(23)24)16(36)33-13(6-3-9-30-20(25)26)17(37)34-14(18(38)39)7-4-10-31-21(27)28/h11-14H,2-10,22H2,1H3,(H,32,35)(H,33,36)(H,34,37)(H,38,39)(H4,23,24,29)(H4,25,26,30)(H4,27,28,31)/t11-,12-,13-,14-/m0/s1. The van der Waals surface area contributed by atoms with Gasteiger partial charge in [-0.15, -0.1) is 0 Å². The second kappa shape index (κ2) is 18.8. The van der Waals surface area contributed by atoms with Gasteiger partial charge in [-0.1, -0.05) is 0 Å². The van der Waals surface area contributed by atoms with Gasteiger partial charge in [-0.3, -0.25) is 29.4 Å². The van der Waals surface area contributed by atoms with Crippen molar-refractivity contribution in [2.45, 2.75) is 69.6 Å². The van der Waals surface area contributed by atoms with E-state index < -0.39 is 47.9 Å². The predicted molar refractivity (Wildman–Crippen MR) is 147 cm³/mol. The minimum atomic E-state index is -1.28. The van der Waals surface area contributed by atoms with Crippen molar-refractivity contribution in [1.29, 1.82) is 0 Å². The number of guanidine groups is 3. The van der Waals surface area contributed by atoms with E-state index in [0.717, 1.165) is 0 Å². The summed E-state index contributed by atoms with van der Waals surface area (Å²) >= 11 is 0. The number of carboxylic acid groups (broad SMARTS) is 1. The first-order valence-corrected chi connectivity index (χ1v) is 12.3. The van der Waals surface area contributed by atoms with Crippen LogP contribution in [0.5, 0.6) is 0 Å². The summed E-state index contributed by atoms with van der Waals surface area (Å²) in [6.45, 7) is 1.97. The van der Waals surface area contributed by atoms with Crippen molar-refractivity contribution in [1.82, 2.24) is 16.0 Å². The Morgan fingerprint density at radius 2 is 0.923 bits per heavy atom. The summed E-state index contributed by atoms with van der Waals surface area (Å²) < 4.78 is 0. The van der Waals surface area contributed by atoms with Gasteiger partial charge < -0.3 is 61.2 Å². The molecule has 3 amide bonds. The molecule has 0 fully saturated rings. The molecule has 0 heterocycles. The van der Waals surface area contributed by atoms with Crippen LogP contribution in [-0.4, -0.2) is 90.5 Å². The highest BCUT2D eigenvalue weighted by atomic mass is 16.4. The van der Waals surface area contributed by atoms with E-state index in [2.05, 4.69) is 30.9 Å². The van der Waals surface area contributed by atoms with Crippen LogP contribution < -0.4 is 56.1 Å². The fourth-order valence-electron chi connectivity index (χ4n) is 3.15. The van der Waals surface area contributed by atoms with Crippen LogP contribution in [0.2, 0.25) is 0 Å². The van der Waals surface area contributed by atoms with Gasteiger partial charge in [-0.2, -0.15) is 0 Å². The van der Waals surface area contributed by atoms with Crippen molar-refractivity contribution in [2.24, 2.45) is 55.1 Å². The molecule has 222 valence electrons. The van der Waals surface area contributed by atoms with E-state index in [1.165, 1.54) is 6.92 Å². The number of nitrogens with zero attached hydrogens (tertiary/aromatic N) is 3. The summed E-state index contributed by atoms with van der Waals surface area (Å²) in [5.74, 6) is -3.71. The molecule has 0 aromatic rings. The van der Waals surface area contributed by atoms with E-state index in [1.807, 2.05) is 0 Å². The number of rotatable bonds is 19. The second-order valence-corrected chi connectivity index (χ2v) is 8.66. The highest BCUT2D eigenvalue weighted by Crippen LogP contribution is 2.06. The van der Waals surface area contributed by atoms with Crippen LogP contribution in [0.4, 0.5) is 0 Å². The summed E-state index contributed by atoms with van der Waals surface area (Å²) in [4.78, 5) is 61.5. The Morgan fingerprint density at radius 3 is 1.23 bits per heavy atom.